The third kappa shape index (κ3) is 2.40. The van der Waals surface area contributed by atoms with Gasteiger partial charge in [0, 0.05) is 19.2 Å². The number of ketones is 1. The van der Waals surface area contributed by atoms with Gasteiger partial charge in [0.05, 0.1) is 11.1 Å². The van der Waals surface area contributed by atoms with E-state index < -0.39 is 0 Å². The Hall–Kier alpha value is -1.68. The monoisotopic (exact) mass is 272 g/mol. The van der Waals surface area contributed by atoms with E-state index >= 15 is 0 Å². The zero-order valence-electron chi connectivity index (χ0n) is 10.9. The van der Waals surface area contributed by atoms with Crippen molar-refractivity contribution in [1.29, 1.82) is 0 Å². The molecule has 1 aliphatic rings. The second-order valence-electron chi connectivity index (χ2n) is 4.80. The first-order valence-corrected chi connectivity index (χ1v) is 7.39. The Balaban J connectivity index is 2.01. The van der Waals surface area contributed by atoms with Gasteiger partial charge in [0.15, 0.2) is 10.9 Å². The van der Waals surface area contributed by atoms with Crippen LogP contribution in [0.3, 0.4) is 0 Å². The summed E-state index contributed by atoms with van der Waals surface area (Å²) >= 11 is 1.49. The highest BCUT2D eigenvalue weighted by Gasteiger charge is 2.19. The van der Waals surface area contributed by atoms with Crippen molar-refractivity contribution in [2.45, 2.75) is 26.2 Å². The summed E-state index contributed by atoms with van der Waals surface area (Å²) in [6.07, 6.45) is 5.18. The first-order valence-electron chi connectivity index (χ1n) is 6.58. The Morgan fingerprint density at radius 3 is 2.95 bits per heavy atom. The van der Waals surface area contributed by atoms with Crippen LogP contribution in [0.5, 0.6) is 0 Å². The quantitative estimate of drug-likeness (QED) is 0.779. The summed E-state index contributed by atoms with van der Waals surface area (Å²) in [5.74, 6) is 0.0897. The van der Waals surface area contributed by atoms with E-state index in [0.29, 0.717) is 0 Å². The number of Topliss-reactive ketones (excluding diaryl/α,β-unsaturated/α-hetero) is 1. The molecule has 0 fully saturated rings. The van der Waals surface area contributed by atoms with Gasteiger partial charge >= 0.3 is 0 Å². The van der Waals surface area contributed by atoms with Crippen LogP contribution in [-0.4, -0.2) is 17.3 Å². The van der Waals surface area contributed by atoms with Crippen LogP contribution in [0.4, 0.5) is 10.8 Å². The molecule has 0 spiro atoms. The number of aryl methyl sites for hydroxylation is 1. The molecule has 4 heteroatoms. The molecule has 1 aromatic heterocycles. The molecular formula is C15H16N2OS. The Bertz CT molecular complexity index is 606. The van der Waals surface area contributed by atoms with E-state index in [0.717, 1.165) is 29.4 Å². The van der Waals surface area contributed by atoms with Crippen molar-refractivity contribution in [2.75, 3.05) is 11.4 Å². The Kier molecular flexibility index (Phi) is 3.34. The highest BCUT2D eigenvalue weighted by Crippen LogP contribution is 2.34. The van der Waals surface area contributed by atoms with Crippen LogP contribution in [-0.2, 0) is 6.42 Å². The van der Waals surface area contributed by atoms with E-state index in [9.17, 15) is 4.79 Å². The maximum absolute atomic E-state index is 11.4. The molecule has 0 saturated carbocycles. The molecule has 19 heavy (non-hydrogen) atoms. The van der Waals surface area contributed by atoms with Gasteiger partial charge in [-0.05, 0) is 30.9 Å². The SMILES string of the molecule is CC(=O)c1cnc(N2CCCCc3ccccc32)s1. The topological polar surface area (TPSA) is 33.2 Å². The fourth-order valence-corrected chi connectivity index (χ4v) is 3.29. The fraction of sp³-hybridized carbons (Fsp3) is 0.333. The second kappa shape index (κ2) is 5.13. The minimum Gasteiger partial charge on any atom is -0.318 e. The van der Waals surface area contributed by atoms with Gasteiger partial charge in [-0.15, -0.1) is 0 Å². The number of thiazole rings is 1. The smallest absolute Gasteiger partial charge is 0.190 e. The van der Waals surface area contributed by atoms with Gasteiger partial charge in [0.1, 0.15) is 0 Å². The van der Waals surface area contributed by atoms with Crippen molar-refractivity contribution in [2.24, 2.45) is 0 Å². The molecule has 0 saturated heterocycles. The molecule has 0 amide bonds. The normalized spacial score (nSPS) is 14.9. The lowest BCUT2D eigenvalue weighted by atomic mass is 10.1. The average molecular weight is 272 g/mol. The Labute approximate surface area is 116 Å². The average Bonchev–Trinajstić information content (AvgIpc) is 2.80. The van der Waals surface area contributed by atoms with E-state index in [1.54, 1.807) is 13.1 Å². The number of anilines is 2. The number of carbonyl (C=O) groups excluding carboxylic acids is 1. The van der Waals surface area contributed by atoms with Gasteiger partial charge in [-0.2, -0.15) is 0 Å². The number of aromatic nitrogens is 1. The molecule has 0 unspecified atom stereocenters. The number of hydrogen-bond donors (Lipinski definition) is 0. The van der Waals surface area contributed by atoms with Crippen LogP contribution in [0.15, 0.2) is 30.5 Å². The van der Waals surface area contributed by atoms with Gasteiger partial charge in [-0.25, -0.2) is 4.98 Å². The fourth-order valence-electron chi connectivity index (χ4n) is 2.44. The van der Waals surface area contributed by atoms with Crippen LogP contribution in [0.1, 0.15) is 35.0 Å². The summed E-state index contributed by atoms with van der Waals surface area (Å²) < 4.78 is 0. The summed E-state index contributed by atoms with van der Waals surface area (Å²) in [5, 5.41) is 0.930. The summed E-state index contributed by atoms with van der Waals surface area (Å²) in [4.78, 5) is 18.8. The minimum absolute atomic E-state index is 0.0897. The maximum Gasteiger partial charge on any atom is 0.190 e. The highest BCUT2D eigenvalue weighted by atomic mass is 32.1. The molecule has 0 aliphatic carbocycles. The lowest BCUT2D eigenvalue weighted by Gasteiger charge is -2.21. The predicted molar refractivity (Wildman–Crippen MR) is 78.5 cm³/mol. The first kappa shape index (κ1) is 12.4. The third-order valence-electron chi connectivity index (χ3n) is 3.43. The first-order chi connectivity index (χ1) is 9.25. The Morgan fingerprint density at radius 2 is 2.16 bits per heavy atom. The number of fused-ring (bicyclic) bond motifs is 1. The molecule has 2 heterocycles. The minimum atomic E-state index is 0.0897. The molecule has 1 aromatic carbocycles. The van der Waals surface area contributed by atoms with E-state index in [4.69, 9.17) is 0 Å². The van der Waals surface area contributed by atoms with E-state index in [-0.39, 0.29) is 5.78 Å². The molecule has 3 rings (SSSR count). The van der Waals surface area contributed by atoms with Gasteiger partial charge in [-0.3, -0.25) is 4.79 Å². The number of nitrogens with zero attached hydrogens (tertiary/aromatic N) is 2. The zero-order valence-corrected chi connectivity index (χ0v) is 11.7. The lowest BCUT2D eigenvalue weighted by Crippen LogP contribution is -2.17. The summed E-state index contributed by atoms with van der Waals surface area (Å²) in [6, 6.07) is 8.49. The lowest BCUT2D eigenvalue weighted by molar-refractivity contribution is 0.102. The number of hydrogen-bond acceptors (Lipinski definition) is 4. The van der Waals surface area contributed by atoms with Crippen LogP contribution in [0, 0.1) is 0 Å². The summed E-state index contributed by atoms with van der Waals surface area (Å²) in [7, 11) is 0. The van der Waals surface area contributed by atoms with Crippen LogP contribution >= 0.6 is 11.3 Å². The predicted octanol–water partition coefficient (Wildman–Crippen LogP) is 3.82. The van der Waals surface area contributed by atoms with Crippen molar-refractivity contribution in [3.8, 4) is 0 Å². The van der Waals surface area contributed by atoms with Crippen LogP contribution in [0.25, 0.3) is 0 Å². The van der Waals surface area contributed by atoms with E-state index in [1.807, 2.05) is 0 Å². The summed E-state index contributed by atoms with van der Waals surface area (Å²) in [5.41, 5.74) is 2.61. The number of carbonyl (C=O) groups is 1. The number of benzene rings is 1. The second-order valence-corrected chi connectivity index (χ2v) is 5.81. The number of rotatable bonds is 2. The maximum atomic E-state index is 11.4. The standard InChI is InChI=1S/C15H16N2OS/c1-11(18)14-10-16-15(19-14)17-9-5-4-7-12-6-2-3-8-13(12)17/h2-3,6,8,10H,4-5,7,9H2,1H3. The van der Waals surface area contributed by atoms with Crippen molar-refractivity contribution < 1.29 is 4.79 Å². The molecule has 2 aromatic rings. The third-order valence-corrected chi connectivity index (χ3v) is 4.55. The van der Waals surface area contributed by atoms with Crippen molar-refractivity contribution >= 4 is 27.9 Å². The van der Waals surface area contributed by atoms with Crippen molar-refractivity contribution in [3.63, 3.8) is 0 Å². The summed E-state index contributed by atoms with van der Waals surface area (Å²) in [6.45, 7) is 2.57. The molecule has 0 N–H and O–H groups in total. The molecule has 0 bridgehead atoms. The van der Waals surface area contributed by atoms with E-state index in [2.05, 4.69) is 34.1 Å². The van der Waals surface area contributed by atoms with Gasteiger partial charge < -0.3 is 4.90 Å². The largest absolute Gasteiger partial charge is 0.318 e. The van der Waals surface area contributed by atoms with Gasteiger partial charge in [0.2, 0.25) is 0 Å². The molecule has 0 atom stereocenters. The van der Waals surface area contributed by atoms with Crippen molar-refractivity contribution in [3.05, 3.63) is 40.9 Å². The van der Waals surface area contributed by atoms with Crippen LogP contribution < -0.4 is 4.90 Å². The zero-order chi connectivity index (χ0) is 13.2. The molecule has 0 radical (unpaired) electrons. The van der Waals surface area contributed by atoms with E-state index in [1.165, 1.54) is 29.0 Å². The number of para-hydroxylation sites is 1. The van der Waals surface area contributed by atoms with Crippen LogP contribution in [0.2, 0.25) is 0 Å². The van der Waals surface area contributed by atoms with Gasteiger partial charge in [-0.1, -0.05) is 29.5 Å². The van der Waals surface area contributed by atoms with Gasteiger partial charge in [0.25, 0.3) is 0 Å². The molecule has 1 aliphatic heterocycles. The Morgan fingerprint density at radius 1 is 1.32 bits per heavy atom. The highest BCUT2D eigenvalue weighted by molar-refractivity contribution is 7.17. The molecule has 98 valence electrons. The molecular weight excluding hydrogens is 256 g/mol. The molecule has 3 nitrogen and oxygen atoms in total. The van der Waals surface area contributed by atoms with Crippen molar-refractivity contribution in [1.82, 2.24) is 4.98 Å².